The average molecular weight is 1310 g/mol. The van der Waals surface area contributed by atoms with Crippen molar-refractivity contribution < 1.29 is 42.9 Å². The summed E-state index contributed by atoms with van der Waals surface area (Å²) in [5, 5.41) is 9.77. The molecule has 0 saturated carbocycles. The standard InChI is InChI=1S/C84H155NO8/c1-6-8-10-12-14-16-18-20-22-24-26-28-30-32-34-35-36-37-38-39-40-41-42-43-44-45-46-47-49-50-52-54-56-58-60-62-64-66-68-70-72-74-81(86)91-78-80(79-92-84(83(88)89)90-77-76-85(3,4)5)93-82(87)75-73-71-69-67-65-63-61-59-57-55-53-51-48-33-31-29-27-25-23-21-19-17-15-13-11-9-7-2/h9,11,15,17,21,23,27,29,33,48,80,84H,6-8,10,12-14,16,18-20,22,24-26,28,30-32,34-47,49-79H2,1-5H3/p+1/b11-9-,17-15-,23-21-,29-27-,48-33-. The molecule has 0 aromatic rings. The van der Waals surface area contributed by atoms with E-state index in [0.29, 0.717) is 17.4 Å². The topological polar surface area (TPSA) is 108 Å². The molecule has 2 atom stereocenters. The molecule has 0 aromatic carbocycles. The quantitative estimate of drug-likeness (QED) is 0.0211. The van der Waals surface area contributed by atoms with Crippen molar-refractivity contribution in [1.82, 2.24) is 0 Å². The van der Waals surface area contributed by atoms with Crippen molar-refractivity contribution in [1.29, 1.82) is 0 Å². The number of ether oxygens (including phenoxy) is 4. The summed E-state index contributed by atoms with van der Waals surface area (Å²) in [6.45, 7) is 4.82. The monoisotopic (exact) mass is 1310 g/mol. The van der Waals surface area contributed by atoms with Gasteiger partial charge in [0.15, 0.2) is 6.10 Å². The minimum absolute atomic E-state index is 0.181. The lowest BCUT2D eigenvalue weighted by Crippen LogP contribution is -2.40. The number of esters is 2. The molecule has 0 aliphatic carbocycles. The minimum atomic E-state index is -1.51. The van der Waals surface area contributed by atoms with Gasteiger partial charge >= 0.3 is 17.9 Å². The Kier molecular flexibility index (Phi) is 72.4. The summed E-state index contributed by atoms with van der Waals surface area (Å²) in [5.74, 6) is -1.99. The van der Waals surface area contributed by atoms with Gasteiger partial charge in [0.1, 0.15) is 13.2 Å². The van der Waals surface area contributed by atoms with Crippen LogP contribution in [0.1, 0.15) is 399 Å². The van der Waals surface area contributed by atoms with E-state index in [0.717, 1.165) is 77.0 Å². The van der Waals surface area contributed by atoms with Crippen LogP contribution < -0.4 is 0 Å². The van der Waals surface area contributed by atoms with Crippen molar-refractivity contribution >= 4 is 17.9 Å². The second-order valence-electron chi connectivity index (χ2n) is 28.7. The summed E-state index contributed by atoms with van der Waals surface area (Å²) in [7, 11) is 5.99. The number of carbonyl (C=O) groups is 3. The number of hydrogen-bond acceptors (Lipinski definition) is 7. The van der Waals surface area contributed by atoms with E-state index in [1.165, 1.54) is 295 Å². The fourth-order valence-electron chi connectivity index (χ4n) is 12.2. The van der Waals surface area contributed by atoms with Gasteiger partial charge in [0.2, 0.25) is 0 Å². The number of aliphatic carboxylic acids is 1. The lowest BCUT2D eigenvalue weighted by atomic mass is 10.0. The van der Waals surface area contributed by atoms with Crippen molar-refractivity contribution in [2.45, 2.75) is 411 Å². The number of allylic oxidation sites excluding steroid dienone is 10. The lowest BCUT2D eigenvalue weighted by molar-refractivity contribution is -0.870. The predicted octanol–water partition coefficient (Wildman–Crippen LogP) is 25.8. The van der Waals surface area contributed by atoms with Crippen molar-refractivity contribution in [3.8, 4) is 0 Å². The molecule has 1 N–H and O–H groups in total. The van der Waals surface area contributed by atoms with Crippen LogP contribution in [0.3, 0.4) is 0 Å². The summed E-state index contributed by atoms with van der Waals surface area (Å²) in [4.78, 5) is 37.7. The number of rotatable bonds is 76. The maximum Gasteiger partial charge on any atom is 0.361 e. The molecular weight excluding hydrogens is 1150 g/mol. The van der Waals surface area contributed by atoms with E-state index in [2.05, 4.69) is 74.6 Å². The second-order valence-corrected chi connectivity index (χ2v) is 28.7. The molecule has 0 radical (unpaired) electrons. The van der Waals surface area contributed by atoms with E-state index < -0.39 is 24.3 Å². The van der Waals surface area contributed by atoms with E-state index in [-0.39, 0.29) is 32.2 Å². The Bertz CT molecular complexity index is 1710. The van der Waals surface area contributed by atoms with Gasteiger partial charge in [0.05, 0.1) is 34.4 Å². The first kappa shape index (κ1) is 90.0. The van der Waals surface area contributed by atoms with Gasteiger partial charge in [-0.1, -0.05) is 389 Å². The molecule has 544 valence electrons. The first-order valence-corrected chi connectivity index (χ1v) is 40.5. The van der Waals surface area contributed by atoms with Gasteiger partial charge in [-0.3, -0.25) is 9.59 Å². The summed E-state index contributed by atoms with van der Waals surface area (Å²) in [5.41, 5.74) is 0. The average Bonchev–Trinajstić information content (AvgIpc) is 3.38. The van der Waals surface area contributed by atoms with E-state index in [1.807, 2.05) is 21.1 Å². The molecule has 0 aliphatic rings. The Morgan fingerprint density at radius 1 is 0.333 bits per heavy atom. The fraction of sp³-hybridized carbons (Fsp3) is 0.845. The molecular formula is C84H156NO8+. The number of carbonyl (C=O) groups excluding carboxylic acids is 2. The molecule has 0 spiro atoms. The summed E-state index contributed by atoms with van der Waals surface area (Å²) >= 11 is 0. The largest absolute Gasteiger partial charge is 0.477 e. The Morgan fingerprint density at radius 2 is 0.613 bits per heavy atom. The summed E-state index contributed by atoms with van der Waals surface area (Å²) in [6.07, 6.45) is 96.8. The predicted molar refractivity (Wildman–Crippen MR) is 401 cm³/mol. The van der Waals surface area contributed by atoms with E-state index in [1.54, 1.807) is 0 Å². The molecule has 93 heavy (non-hydrogen) atoms. The van der Waals surface area contributed by atoms with Crippen LogP contribution in [0, 0.1) is 0 Å². The van der Waals surface area contributed by atoms with Gasteiger partial charge in [-0.15, -0.1) is 0 Å². The molecule has 0 rings (SSSR count). The number of likely N-dealkylation sites (N-methyl/N-ethyl adjacent to an activating group) is 1. The third-order valence-electron chi connectivity index (χ3n) is 18.3. The molecule has 0 aromatic heterocycles. The number of nitrogens with zero attached hydrogens (tertiary/aromatic N) is 1. The summed E-state index contributed by atoms with van der Waals surface area (Å²) in [6, 6.07) is 0. The zero-order valence-electron chi connectivity index (χ0n) is 62.4. The van der Waals surface area contributed by atoms with Crippen LogP contribution in [0.15, 0.2) is 60.8 Å². The second kappa shape index (κ2) is 74.8. The highest BCUT2D eigenvalue weighted by atomic mass is 16.7. The summed E-state index contributed by atoms with van der Waals surface area (Å²) < 4.78 is 23.0. The van der Waals surface area contributed by atoms with Crippen LogP contribution >= 0.6 is 0 Å². The van der Waals surface area contributed by atoms with Gasteiger partial charge in [0.25, 0.3) is 6.29 Å². The maximum atomic E-state index is 13.0. The van der Waals surface area contributed by atoms with Gasteiger partial charge in [0, 0.05) is 12.8 Å². The van der Waals surface area contributed by atoms with Crippen molar-refractivity contribution in [3.63, 3.8) is 0 Å². The van der Waals surface area contributed by atoms with Crippen LogP contribution in [-0.2, 0) is 33.3 Å². The Balaban J connectivity index is 3.93. The zero-order valence-corrected chi connectivity index (χ0v) is 62.4. The third kappa shape index (κ3) is 76.2. The first-order chi connectivity index (χ1) is 45.6. The lowest BCUT2D eigenvalue weighted by Gasteiger charge is -2.25. The number of carboxylic acid groups (broad SMARTS) is 1. The molecule has 0 aliphatic heterocycles. The number of hydrogen-bond donors (Lipinski definition) is 1. The molecule has 2 unspecified atom stereocenters. The molecule has 9 heteroatoms. The van der Waals surface area contributed by atoms with E-state index in [4.69, 9.17) is 18.9 Å². The Morgan fingerprint density at radius 3 is 0.914 bits per heavy atom. The normalized spacial score (nSPS) is 12.9. The number of quaternary nitrogens is 1. The zero-order chi connectivity index (χ0) is 67.5. The molecule has 9 nitrogen and oxygen atoms in total. The Hall–Kier alpha value is -3.01. The maximum absolute atomic E-state index is 13.0. The third-order valence-corrected chi connectivity index (χ3v) is 18.3. The Labute approximate surface area is 577 Å². The van der Waals surface area contributed by atoms with Gasteiger partial charge in [-0.05, 0) is 57.8 Å². The molecule has 0 saturated heterocycles. The van der Waals surface area contributed by atoms with Crippen LogP contribution in [0.25, 0.3) is 0 Å². The highest BCUT2D eigenvalue weighted by Gasteiger charge is 2.25. The van der Waals surface area contributed by atoms with E-state index in [9.17, 15) is 19.5 Å². The fourth-order valence-corrected chi connectivity index (χ4v) is 12.2. The first-order valence-electron chi connectivity index (χ1n) is 40.5. The molecule has 0 amide bonds. The highest BCUT2D eigenvalue weighted by Crippen LogP contribution is 2.20. The highest BCUT2D eigenvalue weighted by molar-refractivity contribution is 5.71. The number of unbranched alkanes of at least 4 members (excludes halogenated alkanes) is 51. The van der Waals surface area contributed by atoms with E-state index >= 15 is 0 Å². The van der Waals surface area contributed by atoms with Crippen molar-refractivity contribution in [2.24, 2.45) is 0 Å². The SMILES string of the molecule is CC/C=C\C/C=C\C/C=C\C/C=C\C/C=C\CCCCCCCCCCCCCC(=O)OC(COC(=O)CCCCCCCCCCCCCCCCCCCCCCCCCCCCCCCCCCCCCCCCCCC)COC(OCC[N+](C)(C)C)C(=O)O. The van der Waals surface area contributed by atoms with Gasteiger partial charge < -0.3 is 28.5 Å². The van der Waals surface area contributed by atoms with Crippen LogP contribution in [0.4, 0.5) is 0 Å². The minimum Gasteiger partial charge on any atom is -0.477 e. The van der Waals surface area contributed by atoms with Crippen molar-refractivity contribution in [3.05, 3.63) is 60.8 Å². The molecule has 0 heterocycles. The van der Waals surface area contributed by atoms with Gasteiger partial charge in [-0.25, -0.2) is 4.79 Å². The van der Waals surface area contributed by atoms with Gasteiger partial charge in [-0.2, -0.15) is 0 Å². The molecule has 0 fully saturated rings. The smallest absolute Gasteiger partial charge is 0.361 e. The van der Waals surface area contributed by atoms with Crippen LogP contribution in [0.2, 0.25) is 0 Å². The number of carboxylic acids is 1. The van der Waals surface area contributed by atoms with Crippen molar-refractivity contribution in [2.75, 3.05) is 47.5 Å². The van der Waals surface area contributed by atoms with Crippen LogP contribution in [-0.4, -0.2) is 87.4 Å². The van der Waals surface area contributed by atoms with Crippen LogP contribution in [0.5, 0.6) is 0 Å². The molecule has 0 bridgehead atoms.